The third-order valence-corrected chi connectivity index (χ3v) is 13.3. The highest BCUT2D eigenvalue weighted by atomic mass is 28.3. The molecule has 0 saturated carbocycles. The molecule has 6 aromatic rings. The molecule has 0 aliphatic carbocycles. The Morgan fingerprint density at radius 3 is 1.11 bits per heavy atom. The summed E-state index contributed by atoms with van der Waals surface area (Å²) >= 11 is 0. The van der Waals surface area contributed by atoms with E-state index in [0.717, 1.165) is 0 Å². The molecule has 37 heavy (non-hydrogen) atoms. The molecule has 172 valence electrons. The Morgan fingerprint density at radius 1 is 0.270 bits per heavy atom. The molecule has 0 fully saturated rings. The van der Waals surface area contributed by atoms with Crippen LogP contribution >= 0.6 is 0 Å². The number of hydrogen-bond acceptors (Lipinski definition) is 0. The summed E-state index contributed by atoms with van der Waals surface area (Å²) in [5.41, 5.74) is 10.7. The van der Waals surface area contributed by atoms with Crippen molar-refractivity contribution in [1.82, 2.24) is 0 Å². The van der Waals surface area contributed by atoms with Crippen LogP contribution in [0.2, 0.25) is 0 Å². The third kappa shape index (κ3) is 2.78. The van der Waals surface area contributed by atoms with Gasteiger partial charge in [0.15, 0.2) is 8.07 Å². The Kier molecular flexibility index (Phi) is 4.35. The number of rotatable bonds is 2. The van der Waals surface area contributed by atoms with E-state index in [1.807, 2.05) is 0 Å². The SMILES string of the molecule is c1ccc(-c2ccc3c(c2)-c2ccccc2[Si]32c3ccccc3-c3cc(-c4ccccc4)ccc32)cc1. The van der Waals surface area contributed by atoms with E-state index in [0.29, 0.717) is 0 Å². The summed E-state index contributed by atoms with van der Waals surface area (Å²) in [5, 5.41) is 6.09. The van der Waals surface area contributed by atoms with E-state index in [1.165, 1.54) is 65.3 Å². The largest absolute Gasteiger partial charge is 0.182 e. The van der Waals surface area contributed by atoms with Crippen LogP contribution in [0.4, 0.5) is 0 Å². The molecule has 0 bridgehead atoms. The number of fused-ring (bicyclic) bond motifs is 10. The molecule has 0 nitrogen and oxygen atoms in total. The van der Waals surface area contributed by atoms with Crippen LogP contribution in [0.15, 0.2) is 146 Å². The van der Waals surface area contributed by atoms with Crippen molar-refractivity contribution in [3.63, 3.8) is 0 Å². The molecule has 0 radical (unpaired) electrons. The normalized spacial score (nSPS) is 13.6. The van der Waals surface area contributed by atoms with Crippen molar-refractivity contribution in [2.24, 2.45) is 0 Å². The first-order valence-electron chi connectivity index (χ1n) is 13.0. The van der Waals surface area contributed by atoms with Crippen LogP contribution in [0, 0.1) is 0 Å². The molecule has 2 heterocycles. The fraction of sp³-hybridized carbons (Fsp3) is 0. The van der Waals surface area contributed by atoms with Gasteiger partial charge in [0, 0.05) is 0 Å². The molecule has 2 aliphatic rings. The lowest BCUT2D eigenvalue weighted by Gasteiger charge is -2.28. The minimum absolute atomic E-state index is 1.27. The fourth-order valence-corrected chi connectivity index (χ4v) is 12.3. The minimum Gasteiger partial charge on any atom is -0.0623 e. The highest BCUT2D eigenvalue weighted by molar-refractivity contribution is 7.24. The van der Waals surface area contributed by atoms with Crippen LogP contribution in [0.25, 0.3) is 44.5 Å². The predicted molar refractivity (Wildman–Crippen MR) is 159 cm³/mol. The summed E-state index contributed by atoms with van der Waals surface area (Å²) < 4.78 is 0. The van der Waals surface area contributed by atoms with Crippen molar-refractivity contribution in [2.75, 3.05) is 0 Å². The van der Waals surface area contributed by atoms with Gasteiger partial charge in [-0.05, 0) is 77.4 Å². The van der Waals surface area contributed by atoms with Gasteiger partial charge >= 0.3 is 0 Å². The summed E-state index contributed by atoms with van der Waals surface area (Å²) in [6.45, 7) is 0. The van der Waals surface area contributed by atoms with Crippen LogP contribution in [0.1, 0.15) is 0 Å². The van der Waals surface area contributed by atoms with Gasteiger partial charge in [-0.1, -0.05) is 133 Å². The molecular weight excluding hydrogens is 460 g/mol. The number of hydrogen-bond donors (Lipinski definition) is 0. The summed E-state index contributed by atoms with van der Waals surface area (Å²) in [6.07, 6.45) is 0. The van der Waals surface area contributed by atoms with Gasteiger partial charge in [-0.25, -0.2) is 0 Å². The summed E-state index contributed by atoms with van der Waals surface area (Å²) in [6, 6.07) is 54.3. The Hall–Kier alpha value is -4.46. The standard InChI is InChI=1S/C36H24Si/c1-3-11-25(12-4-1)27-19-21-35-31(23-27)29-15-7-9-17-33(29)37(35)34-18-10-8-16-30(34)32-24-28(20-22-36(32)37)26-13-5-2-6-14-26/h1-24H. The lowest BCUT2D eigenvalue weighted by molar-refractivity contribution is 1.63. The van der Waals surface area contributed by atoms with Crippen molar-refractivity contribution in [2.45, 2.75) is 0 Å². The van der Waals surface area contributed by atoms with Gasteiger partial charge < -0.3 is 0 Å². The predicted octanol–water partition coefficient (Wildman–Crippen LogP) is 6.36. The first kappa shape index (κ1) is 20.7. The molecule has 1 spiro atoms. The fourth-order valence-electron chi connectivity index (χ4n) is 6.77. The van der Waals surface area contributed by atoms with E-state index in [2.05, 4.69) is 146 Å². The van der Waals surface area contributed by atoms with Crippen LogP contribution in [0.3, 0.4) is 0 Å². The molecule has 8 rings (SSSR count). The zero-order valence-corrected chi connectivity index (χ0v) is 21.4. The van der Waals surface area contributed by atoms with Crippen LogP contribution in [0.5, 0.6) is 0 Å². The van der Waals surface area contributed by atoms with Gasteiger partial charge in [0.05, 0.1) is 0 Å². The molecular formula is C36H24Si. The van der Waals surface area contributed by atoms with E-state index < -0.39 is 8.07 Å². The van der Waals surface area contributed by atoms with Gasteiger partial charge in [-0.15, -0.1) is 0 Å². The van der Waals surface area contributed by atoms with Crippen molar-refractivity contribution in [3.8, 4) is 44.5 Å². The second-order valence-electron chi connectivity index (χ2n) is 10.1. The topological polar surface area (TPSA) is 0 Å². The Labute approximate surface area is 218 Å². The van der Waals surface area contributed by atoms with E-state index in [4.69, 9.17) is 0 Å². The first-order chi connectivity index (χ1) is 18.4. The monoisotopic (exact) mass is 484 g/mol. The lowest BCUT2D eigenvalue weighted by Crippen LogP contribution is -2.70. The van der Waals surface area contributed by atoms with E-state index in [1.54, 1.807) is 0 Å². The summed E-state index contributed by atoms with van der Waals surface area (Å²) in [4.78, 5) is 0. The molecule has 2 aliphatic heterocycles. The summed E-state index contributed by atoms with van der Waals surface area (Å²) in [7, 11) is -2.40. The maximum absolute atomic E-state index is 2.45. The van der Waals surface area contributed by atoms with Crippen LogP contribution in [-0.4, -0.2) is 8.07 Å². The van der Waals surface area contributed by atoms with Crippen molar-refractivity contribution < 1.29 is 0 Å². The molecule has 0 atom stereocenters. The molecule has 6 aromatic carbocycles. The van der Waals surface area contributed by atoms with Crippen LogP contribution in [-0.2, 0) is 0 Å². The van der Waals surface area contributed by atoms with Gasteiger partial charge in [0.25, 0.3) is 0 Å². The molecule has 0 unspecified atom stereocenters. The number of benzene rings is 6. The lowest BCUT2D eigenvalue weighted by atomic mass is 9.99. The summed E-state index contributed by atoms with van der Waals surface area (Å²) in [5.74, 6) is 0. The zero-order valence-electron chi connectivity index (χ0n) is 20.4. The van der Waals surface area contributed by atoms with Crippen molar-refractivity contribution in [3.05, 3.63) is 146 Å². The second kappa shape index (κ2) is 7.77. The van der Waals surface area contributed by atoms with E-state index in [-0.39, 0.29) is 0 Å². The maximum Gasteiger partial charge on any atom is 0.182 e. The van der Waals surface area contributed by atoms with Crippen molar-refractivity contribution >= 4 is 28.8 Å². The van der Waals surface area contributed by atoms with E-state index >= 15 is 0 Å². The van der Waals surface area contributed by atoms with E-state index in [9.17, 15) is 0 Å². The van der Waals surface area contributed by atoms with Gasteiger partial charge in [-0.2, -0.15) is 0 Å². The first-order valence-corrected chi connectivity index (χ1v) is 15.0. The Bertz CT molecular complexity index is 1680. The minimum atomic E-state index is -2.40. The molecule has 1 heteroatoms. The molecule has 0 saturated heterocycles. The zero-order chi connectivity index (χ0) is 24.4. The Balaban J connectivity index is 1.44. The highest BCUT2D eigenvalue weighted by Gasteiger charge is 2.53. The molecule has 0 N–H and O–H groups in total. The average molecular weight is 485 g/mol. The second-order valence-corrected chi connectivity index (χ2v) is 13.7. The quantitative estimate of drug-likeness (QED) is 0.251. The third-order valence-electron chi connectivity index (χ3n) is 8.30. The maximum atomic E-state index is 2.45. The average Bonchev–Trinajstić information content (AvgIpc) is 3.44. The van der Waals surface area contributed by atoms with Crippen molar-refractivity contribution in [1.29, 1.82) is 0 Å². The smallest absolute Gasteiger partial charge is 0.0623 e. The Morgan fingerprint density at radius 2 is 0.649 bits per heavy atom. The van der Waals surface area contributed by atoms with Gasteiger partial charge in [-0.3, -0.25) is 0 Å². The van der Waals surface area contributed by atoms with Gasteiger partial charge in [0.2, 0.25) is 0 Å². The van der Waals surface area contributed by atoms with Gasteiger partial charge in [0.1, 0.15) is 0 Å². The molecule has 0 aromatic heterocycles. The highest BCUT2D eigenvalue weighted by Crippen LogP contribution is 2.38. The van der Waals surface area contributed by atoms with Crippen LogP contribution < -0.4 is 20.7 Å². The molecule has 0 amide bonds.